The predicted molar refractivity (Wildman–Crippen MR) is 93.0 cm³/mol. The lowest BCUT2D eigenvalue weighted by molar-refractivity contribution is 1.19. The van der Waals surface area contributed by atoms with Gasteiger partial charge in [-0.15, -0.1) is 0 Å². The maximum Gasteiger partial charge on any atom is 0.274 e. The molecule has 0 aliphatic rings. The van der Waals surface area contributed by atoms with Crippen molar-refractivity contribution in [1.82, 2.24) is 15.0 Å². The van der Waals surface area contributed by atoms with E-state index < -0.39 is 0 Å². The first-order valence-electron chi connectivity index (χ1n) is 7.31. The van der Waals surface area contributed by atoms with Gasteiger partial charge in [0.05, 0.1) is 16.6 Å². The molecule has 2 aromatic heterocycles. The van der Waals surface area contributed by atoms with Gasteiger partial charge in [-0.05, 0) is 42.0 Å². The van der Waals surface area contributed by atoms with E-state index in [-0.39, 0.29) is 5.56 Å². The van der Waals surface area contributed by atoms with Crippen molar-refractivity contribution < 1.29 is 0 Å². The minimum Gasteiger partial charge on any atom is -0.319 e. The van der Waals surface area contributed by atoms with Crippen molar-refractivity contribution in [3.05, 3.63) is 82.4 Å². The second kappa shape index (κ2) is 5.50. The molecule has 0 spiro atoms. The molecule has 4 nitrogen and oxygen atoms in total. The molecule has 0 aliphatic carbocycles. The summed E-state index contributed by atoms with van der Waals surface area (Å²) >= 11 is 0. The van der Waals surface area contributed by atoms with Crippen molar-refractivity contribution in [3.8, 4) is 0 Å². The van der Waals surface area contributed by atoms with Crippen molar-refractivity contribution in [3.63, 3.8) is 0 Å². The van der Waals surface area contributed by atoms with Crippen LogP contribution in [0.15, 0.2) is 65.6 Å². The molecule has 2 aromatic carbocycles. The van der Waals surface area contributed by atoms with Crippen LogP contribution in [0.25, 0.3) is 34.1 Å². The molecule has 0 fully saturated rings. The Morgan fingerprint density at radius 3 is 2.78 bits per heavy atom. The molecule has 110 valence electrons. The van der Waals surface area contributed by atoms with Gasteiger partial charge in [-0.2, -0.15) is 0 Å². The number of nitrogens with one attached hydrogen (secondary N) is 1. The maximum absolute atomic E-state index is 12.1. The zero-order chi connectivity index (χ0) is 15.6. The number of hydrogen-bond acceptors (Lipinski definition) is 3. The third-order valence-electron chi connectivity index (χ3n) is 3.69. The van der Waals surface area contributed by atoms with Gasteiger partial charge in [0.1, 0.15) is 5.69 Å². The quantitative estimate of drug-likeness (QED) is 0.614. The summed E-state index contributed by atoms with van der Waals surface area (Å²) in [6.45, 7) is 0. The van der Waals surface area contributed by atoms with Crippen molar-refractivity contribution >= 4 is 34.1 Å². The van der Waals surface area contributed by atoms with Gasteiger partial charge >= 0.3 is 0 Å². The monoisotopic (exact) mass is 299 g/mol. The van der Waals surface area contributed by atoms with Gasteiger partial charge in [-0.25, -0.2) is 4.98 Å². The number of rotatable bonds is 2. The Labute approximate surface area is 132 Å². The number of aromatic amines is 1. The first-order valence-corrected chi connectivity index (χ1v) is 7.31. The molecule has 4 heteroatoms. The molecular formula is C19H13N3O. The van der Waals surface area contributed by atoms with Crippen molar-refractivity contribution in [2.24, 2.45) is 0 Å². The second-order valence-corrected chi connectivity index (χ2v) is 5.26. The van der Waals surface area contributed by atoms with E-state index in [2.05, 4.69) is 15.0 Å². The summed E-state index contributed by atoms with van der Waals surface area (Å²) in [7, 11) is 0. The fourth-order valence-electron chi connectivity index (χ4n) is 2.53. The molecule has 4 rings (SSSR count). The Bertz CT molecular complexity index is 1100. The van der Waals surface area contributed by atoms with Crippen molar-refractivity contribution in [2.75, 3.05) is 0 Å². The number of hydrogen-bond donors (Lipinski definition) is 1. The number of benzene rings is 2. The Morgan fingerprint density at radius 1 is 0.913 bits per heavy atom. The Kier molecular flexibility index (Phi) is 3.20. The standard InChI is InChI=1S/C19H13N3O/c23-19-18(21-16-5-1-2-6-17(16)22-19)10-8-13-7-9-15-14(12-13)4-3-11-20-15/h1-12H,(H,22,23)/b10-8+. The smallest absolute Gasteiger partial charge is 0.274 e. The van der Waals surface area contributed by atoms with Gasteiger partial charge in [-0.1, -0.05) is 30.3 Å². The third-order valence-corrected chi connectivity index (χ3v) is 3.69. The fourth-order valence-corrected chi connectivity index (χ4v) is 2.53. The van der Waals surface area contributed by atoms with E-state index in [1.165, 1.54) is 0 Å². The van der Waals surface area contributed by atoms with Crippen LogP contribution in [-0.4, -0.2) is 15.0 Å². The van der Waals surface area contributed by atoms with E-state index in [0.29, 0.717) is 5.69 Å². The average molecular weight is 299 g/mol. The maximum atomic E-state index is 12.1. The highest BCUT2D eigenvalue weighted by Crippen LogP contribution is 2.15. The Morgan fingerprint density at radius 2 is 1.83 bits per heavy atom. The lowest BCUT2D eigenvalue weighted by Crippen LogP contribution is -2.11. The first-order chi connectivity index (χ1) is 11.3. The van der Waals surface area contributed by atoms with Crippen LogP contribution in [0.3, 0.4) is 0 Å². The lowest BCUT2D eigenvalue weighted by atomic mass is 10.1. The van der Waals surface area contributed by atoms with Crippen LogP contribution in [0.1, 0.15) is 11.3 Å². The minimum absolute atomic E-state index is 0.192. The summed E-state index contributed by atoms with van der Waals surface area (Å²) < 4.78 is 0. The van der Waals surface area contributed by atoms with Crippen LogP contribution in [0.5, 0.6) is 0 Å². The predicted octanol–water partition coefficient (Wildman–Crippen LogP) is 3.64. The van der Waals surface area contributed by atoms with Crippen LogP contribution in [0.4, 0.5) is 0 Å². The molecule has 0 atom stereocenters. The van der Waals surface area contributed by atoms with E-state index in [9.17, 15) is 4.79 Å². The van der Waals surface area contributed by atoms with E-state index in [1.807, 2.05) is 60.7 Å². The van der Waals surface area contributed by atoms with Crippen LogP contribution in [0, 0.1) is 0 Å². The molecule has 2 heterocycles. The summed E-state index contributed by atoms with van der Waals surface area (Å²) in [6.07, 6.45) is 5.40. The summed E-state index contributed by atoms with van der Waals surface area (Å²) in [5.74, 6) is 0. The van der Waals surface area contributed by atoms with Gasteiger partial charge in [0, 0.05) is 11.6 Å². The van der Waals surface area contributed by atoms with E-state index in [0.717, 1.165) is 27.5 Å². The number of para-hydroxylation sites is 2. The number of fused-ring (bicyclic) bond motifs is 2. The highest BCUT2D eigenvalue weighted by Gasteiger charge is 2.01. The van der Waals surface area contributed by atoms with Gasteiger partial charge in [0.2, 0.25) is 0 Å². The highest BCUT2D eigenvalue weighted by atomic mass is 16.1. The summed E-state index contributed by atoms with van der Waals surface area (Å²) in [6, 6.07) is 17.4. The molecular weight excluding hydrogens is 286 g/mol. The molecule has 0 amide bonds. The number of nitrogens with zero attached hydrogens (tertiary/aromatic N) is 2. The summed E-state index contributed by atoms with van der Waals surface area (Å²) in [5.41, 5.74) is 3.67. The van der Waals surface area contributed by atoms with Crippen LogP contribution in [0.2, 0.25) is 0 Å². The average Bonchev–Trinajstić information content (AvgIpc) is 2.59. The molecule has 0 radical (unpaired) electrons. The molecule has 0 aliphatic heterocycles. The SMILES string of the molecule is O=c1[nH]c2ccccc2nc1/C=C/c1ccc2ncccc2c1. The summed E-state index contributed by atoms with van der Waals surface area (Å²) in [5, 5.41) is 1.06. The van der Waals surface area contributed by atoms with Crippen molar-refractivity contribution in [1.29, 1.82) is 0 Å². The highest BCUT2D eigenvalue weighted by molar-refractivity contribution is 5.83. The molecule has 0 bridgehead atoms. The molecule has 1 N–H and O–H groups in total. The van der Waals surface area contributed by atoms with E-state index >= 15 is 0 Å². The number of aromatic nitrogens is 3. The number of pyridine rings is 1. The van der Waals surface area contributed by atoms with Gasteiger partial charge in [-0.3, -0.25) is 9.78 Å². The molecule has 0 unspecified atom stereocenters. The third kappa shape index (κ3) is 2.62. The van der Waals surface area contributed by atoms with Crippen molar-refractivity contribution in [2.45, 2.75) is 0 Å². The Hall–Kier alpha value is -3.27. The second-order valence-electron chi connectivity index (χ2n) is 5.26. The molecule has 23 heavy (non-hydrogen) atoms. The minimum atomic E-state index is -0.192. The normalized spacial score (nSPS) is 11.5. The molecule has 0 saturated carbocycles. The van der Waals surface area contributed by atoms with E-state index in [4.69, 9.17) is 0 Å². The van der Waals surface area contributed by atoms with E-state index in [1.54, 1.807) is 12.3 Å². The molecule has 4 aromatic rings. The fraction of sp³-hybridized carbons (Fsp3) is 0. The lowest BCUT2D eigenvalue weighted by Gasteiger charge is -2.00. The zero-order valence-electron chi connectivity index (χ0n) is 12.2. The molecule has 0 saturated heterocycles. The van der Waals surface area contributed by atoms with Crippen LogP contribution >= 0.6 is 0 Å². The van der Waals surface area contributed by atoms with Gasteiger partial charge < -0.3 is 4.98 Å². The first kappa shape index (κ1) is 13.4. The largest absolute Gasteiger partial charge is 0.319 e. The topological polar surface area (TPSA) is 58.6 Å². The number of H-pyrrole nitrogens is 1. The van der Waals surface area contributed by atoms with Gasteiger partial charge in [0.25, 0.3) is 5.56 Å². The van der Waals surface area contributed by atoms with Crippen LogP contribution < -0.4 is 5.56 Å². The summed E-state index contributed by atoms with van der Waals surface area (Å²) in [4.78, 5) is 23.6. The Balaban J connectivity index is 1.74. The van der Waals surface area contributed by atoms with Gasteiger partial charge in [0.15, 0.2) is 0 Å². The zero-order valence-corrected chi connectivity index (χ0v) is 12.2. The van der Waals surface area contributed by atoms with Crippen LogP contribution in [-0.2, 0) is 0 Å².